The maximum atomic E-state index is 11.4. The van der Waals surface area contributed by atoms with Crippen molar-refractivity contribution < 1.29 is 89.3 Å². The molecule has 0 saturated carbocycles. The minimum absolute atomic E-state index is 0. The van der Waals surface area contributed by atoms with Gasteiger partial charge < -0.3 is 9.11 Å². The van der Waals surface area contributed by atoms with Gasteiger partial charge in [-0.3, -0.25) is 0 Å². The average Bonchev–Trinajstić information content (AvgIpc) is 2.10. The van der Waals surface area contributed by atoms with Crippen LogP contribution in [0, 0.1) is 0 Å². The molecule has 23 heavy (non-hydrogen) atoms. The molecule has 0 unspecified atom stereocenters. The average molecular weight is 464 g/mol. The first-order valence-electron chi connectivity index (χ1n) is 3.80. The van der Waals surface area contributed by atoms with Crippen LogP contribution < -0.4 is 0 Å². The van der Waals surface area contributed by atoms with E-state index in [9.17, 15) is 69.8 Å². The summed E-state index contributed by atoms with van der Waals surface area (Å²) in [6.45, 7) is 0. The molecule has 0 spiro atoms. The van der Waals surface area contributed by atoms with E-state index in [4.69, 9.17) is 0 Å². The normalized spacial score (nSPS) is 14.4. The number of alkyl halides is 10. The first kappa shape index (κ1) is 27.6. The molecular formula is C4F10O6S2Zn. The second kappa shape index (κ2) is 7.32. The van der Waals surface area contributed by atoms with Crippen LogP contribution >= 0.6 is 0 Å². The third kappa shape index (κ3) is 6.63. The van der Waals surface area contributed by atoms with Crippen molar-refractivity contribution >= 4 is 20.2 Å². The number of rotatable bonds is 2. The van der Waals surface area contributed by atoms with E-state index in [0.717, 1.165) is 0 Å². The Balaban J connectivity index is -0.000000333. The van der Waals surface area contributed by atoms with Crippen LogP contribution in [-0.2, 0) is 39.7 Å². The van der Waals surface area contributed by atoms with E-state index >= 15 is 0 Å². The molecule has 0 aliphatic heterocycles. The minimum Gasteiger partial charge on any atom is -0.743 e. The molecule has 0 aromatic carbocycles. The Morgan fingerprint density at radius 2 is 0.652 bits per heavy atom. The zero-order chi connectivity index (χ0) is 19.0. The van der Waals surface area contributed by atoms with Gasteiger partial charge in [0.1, 0.15) is 0 Å². The summed E-state index contributed by atoms with van der Waals surface area (Å²) < 4.78 is 167. The summed E-state index contributed by atoms with van der Waals surface area (Å²) in [6, 6.07) is 0. The third-order valence-electron chi connectivity index (χ3n) is 1.29. The summed E-state index contributed by atoms with van der Waals surface area (Å²) in [6.07, 6.45) is -12.7. The Morgan fingerprint density at radius 3 is 0.652 bits per heavy atom. The van der Waals surface area contributed by atoms with Crippen LogP contribution in [0.3, 0.4) is 0 Å². The predicted molar refractivity (Wildman–Crippen MR) is 41.4 cm³/mol. The Hall–Kier alpha value is -0.257. The summed E-state index contributed by atoms with van der Waals surface area (Å²) in [5.41, 5.74) is 0. The van der Waals surface area contributed by atoms with Crippen molar-refractivity contribution in [2.24, 2.45) is 0 Å². The maximum absolute atomic E-state index is 11.4. The third-order valence-corrected chi connectivity index (χ3v) is 3.01. The molecule has 0 atom stereocenters. The number of hydrogen-bond acceptors (Lipinski definition) is 6. The van der Waals surface area contributed by atoms with Gasteiger partial charge >= 0.3 is 42.3 Å². The number of halogens is 10. The van der Waals surface area contributed by atoms with Gasteiger partial charge in [-0.15, -0.1) is 0 Å². The molecule has 19 heteroatoms. The monoisotopic (exact) mass is 462 g/mol. The van der Waals surface area contributed by atoms with E-state index < -0.39 is 43.1 Å². The molecule has 0 saturated heterocycles. The predicted octanol–water partition coefficient (Wildman–Crippen LogP) is 1.37. The van der Waals surface area contributed by atoms with Crippen LogP contribution in [0.5, 0.6) is 0 Å². The molecule has 0 aliphatic rings. The van der Waals surface area contributed by atoms with Crippen molar-refractivity contribution in [3.63, 3.8) is 0 Å². The fourth-order valence-corrected chi connectivity index (χ4v) is 0.850. The van der Waals surface area contributed by atoms with Gasteiger partial charge in [0.05, 0.1) is 0 Å². The van der Waals surface area contributed by atoms with Crippen molar-refractivity contribution in [3.8, 4) is 0 Å². The molecule has 0 amide bonds. The fraction of sp³-hybridized carbons (Fsp3) is 1.00. The van der Waals surface area contributed by atoms with Crippen molar-refractivity contribution in [2.45, 2.75) is 22.9 Å². The molecule has 6 nitrogen and oxygen atoms in total. The van der Waals surface area contributed by atoms with Crippen LogP contribution in [0.2, 0.25) is 0 Å². The van der Waals surface area contributed by atoms with E-state index in [2.05, 4.69) is 0 Å². The van der Waals surface area contributed by atoms with Gasteiger partial charge in [0, 0.05) is 0 Å². The molecule has 136 valence electrons. The molecule has 0 heterocycles. The van der Waals surface area contributed by atoms with Crippen molar-refractivity contribution in [3.05, 3.63) is 0 Å². The Morgan fingerprint density at radius 1 is 0.522 bits per heavy atom. The summed E-state index contributed by atoms with van der Waals surface area (Å²) in [4.78, 5) is 0. The van der Waals surface area contributed by atoms with E-state index in [0.29, 0.717) is 0 Å². The fourth-order valence-electron chi connectivity index (χ4n) is 0.283. The quantitative estimate of drug-likeness (QED) is 0.347. The van der Waals surface area contributed by atoms with E-state index in [1.165, 1.54) is 0 Å². The van der Waals surface area contributed by atoms with Gasteiger partial charge in [-0.25, -0.2) is 16.8 Å². The molecule has 0 fully saturated rings. The van der Waals surface area contributed by atoms with E-state index in [-0.39, 0.29) is 19.5 Å². The van der Waals surface area contributed by atoms with Gasteiger partial charge in [-0.05, 0) is 0 Å². The van der Waals surface area contributed by atoms with Crippen molar-refractivity contribution in [1.82, 2.24) is 0 Å². The second-order valence-corrected chi connectivity index (χ2v) is 5.78. The van der Waals surface area contributed by atoms with Crippen molar-refractivity contribution in [1.29, 1.82) is 0 Å². The van der Waals surface area contributed by atoms with Gasteiger partial charge in [-0.1, -0.05) is 0 Å². The van der Waals surface area contributed by atoms with Gasteiger partial charge in [0.2, 0.25) is 0 Å². The van der Waals surface area contributed by atoms with Crippen LogP contribution in [0.25, 0.3) is 0 Å². The number of hydrogen-bond donors (Lipinski definition) is 0. The largest absolute Gasteiger partial charge is 2.00 e. The second-order valence-electron chi connectivity index (χ2n) is 2.94. The topological polar surface area (TPSA) is 114 Å². The first-order valence-corrected chi connectivity index (χ1v) is 6.61. The molecule has 0 bridgehead atoms. The minimum atomic E-state index is -6.67. The van der Waals surface area contributed by atoms with Crippen LogP contribution in [0.1, 0.15) is 0 Å². The SMILES string of the molecule is O=S(=O)([O-])C(F)(F)C(F)(F)F.O=S(=O)([O-])C(F)(F)C(F)(F)F.[Zn+2]. The Bertz CT molecular complexity index is 534. The summed E-state index contributed by atoms with van der Waals surface area (Å²) >= 11 is 0. The van der Waals surface area contributed by atoms with Gasteiger partial charge in [-0.2, -0.15) is 43.9 Å². The molecule has 0 rings (SSSR count). The zero-order valence-corrected chi connectivity index (χ0v) is 14.4. The van der Waals surface area contributed by atoms with Crippen LogP contribution in [-0.4, -0.2) is 48.8 Å². The van der Waals surface area contributed by atoms with Crippen molar-refractivity contribution in [2.75, 3.05) is 0 Å². The molecule has 0 aromatic heterocycles. The smallest absolute Gasteiger partial charge is 0.743 e. The summed E-state index contributed by atoms with van der Waals surface area (Å²) in [7, 11) is -13.3. The molecule has 0 radical (unpaired) electrons. The van der Waals surface area contributed by atoms with Gasteiger partial charge in [0.15, 0.2) is 20.2 Å². The maximum Gasteiger partial charge on any atom is 2.00 e. The van der Waals surface area contributed by atoms with E-state index in [1.807, 2.05) is 0 Å². The standard InChI is InChI=1S/2C2HF5O3S.Zn/c2*3-1(4,5)2(6,7)11(8,9)10;/h2*(H,8,9,10);/q;;+2/p-2. The van der Waals surface area contributed by atoms with Crippen LogP contribution in [0.4, 0.5) is 43.9 Å². The zero-order valence-electron chi connectivity index (χ0n) is 9.75. The Kier molecular flexibility index (Phi) is 8.78. The van der Waals surface area contributed by atoms with Gasteiger partial charge in [0.25, 0.3) is 0 Å². The molecule has 0 aliphatic carbocycles. The summed E-state index contributed by atoms with van der Waals surface area (Å²) in [5, 5.41) is -12.4. The molecular weight excluding hydrogens is 464 g/mol. The first-order chi connectivity index (χ1) is 9.00. The van der Waals surface area contributed by atoms with Crippen LogP contribution in [0.15, 0.2) is 0 Å². The molecule has 0 aromatic rings. The summed E-state index contributed by atoms with van der Waals surface area (Å²) in [5.74, 6) is 0. The van der Waals surface area contributed by atoms with E-state index in [1.54, 1.807) is 0 Å². The Labute approximate surface area is 133 Å². The molecule has 0 N–H and O–H groups in total.